The van der Waals surface area contributed by atoms with E-state index in [0.717, 1.165) is 12.8 Å². The predicted octanol–water partition coefficient (Wildman–Crippen LogP) is 2.27. The Balaban J connectivity index is 2.31. The molecular formula is C13H20N2O3. The van der Waals surface area contributed by atoms with Crippen molar-refractivity contribution in [3.05, 3.63) is 12.4 Å². The van der Waals surface area contributed by atoms with E-state index in [1.165, 1.54) is 0 Å². The maximum absolute atomic E-state index is 11.7. The van der Waals surface area contributed by atoms with Crippen LogP contribution in [-0.4, -0.2) is 28.0 Å². The van der Waals surface area contributed by atoms with Gasteiger partial charge in [0.25, 0.3) is 0 Å². The van der Waals surface area contributed by atoms with E-state index in [4.69, 9.17) is 4.74 Å². The first kappa shape index (κ1) is 12.9. The fourth-order valence-electron chi connectivity index (χ4n) is 2.53. The molecule has 0 saturated heterocycles. The van der Waals surface area contributed by atoms with Crippen molar-refractivity contribution in [2.24, 2.45) is 5.41 Å². The second kappa shape index (κ2) is 4.30. The summed E-state index contributed by atoms with van der Waals surface area (Å²) in [5, 5.41) is 13.8. The number of aromatic nitrogens is 2. The molecule has 0 radical (unpaired) electrons. The van der Waals surface area contributed by atoms with Gasteiger partial charge in [-0.15, -0.1) is 0 Å². The molecule has 1 saturated carbocycles. The fourth-order valence-corrected chi connectivity index (χ4v) is 2.53. The zero-order valence-electron chi connectivity index (χ0n) is 11.1. The first-order valence-corrected chi connectivity index (χ1v) is 6.22. The Bertz CT molecular complexity index is 441. The number of aliphatic carboxylic acids is 1. The summed E-state index contributed by atoms with van der Waals surface area (Å²) in [5.74, 6) is -0.204. The average Bonchev–Trinajstić information content (AvgIpc) is 2.78. The maximum Gasteiger partial charge on any atom is 0.331 e. The summed E-state index contributed by atoms with van der Waals surface area (Å²) in [6.45, 7) is 4.37. The topological polar surface area (TPSA) is 64.4 Å². The van der Waals surface area contributed by atoms with E-state index >= 15 is 0 Å². The van der Waals surface area contributed by atoms with Crippen LogP contribution in [-0.2, 0) is 10.3 Å². The molecule has 0 unspecified atom stereocenters. The molecule has 5 heteroatoms. The lowest BCUT2D eigenvalue weighted by atomic mass is 9.69. The molecule has 5 nitrogen and oxygen atoms in total. The second-order valence-electron chi connectivity index (χ2n) is 5.83. The highest BCUT2D eigenvalue weighted by Crippen LogP contribution is 2.44. The molecule has 1 N–H and O–H groups in total. The molecule has 1 fully saturated rings. The molecule has 1 aromatic heterocycles. The number of carbonyl (C=O) groups is 1. The molecule has 2 rings (SSSR count). The van der Waals surface area contributed by atoms with Crippen LogP contribution in [0.25, 0.3) is 0 Å². The number of nitrogens with zero attached hydrogens (tertiary/aromatic N) is 2. The largest absolute Gasteiger partial charge is 0.493 e. The van der Waals surface area contributed by atoms with Gasteiger partial charge < -0.3 is 9.84 Å². The van der Waals surface area contributed by atoms with Gasteiger partial charge in [-0.1, -0.05) is 13.8 Å². The molecule has 0 aromatic carbocycles. The predicted molar refractivity (Wildman–Crippen MR) is 66.6 cm³/mol. The summed E-state index contributed by atoms with van der Waals surface area (Å²) in [5.41, 5.74) is -0.692. The maximum atomic E-state index is 11.7. The molecule has 1 aliphatic carbocycles. The van der Waals surface area contributed by atoms with E-state index in [2.05, 4.69) is 18.9 Å². The van der Waals surface area contributed by atoms with Crippen LogP contribution in [0.5, 0.6) is 5.75 Å². The second-order valence-corrected chi connectivity index (χ2v) is 5.83. The molecular weight excluding hydrogens is 232 g/mol. The lowest BCUT2D eigenvalue weighted by molar-refractivity contribution is -0.151. The van der Waals surface area contributed by atoms with Crippen molar-refractivity contribution in [1.82, 2.24) is 9.78 Å². The van der Waals surface area contributed by atoms with Gasteiger partial charge in [0.05, 0.1) is 19.5 Å². The van der Waals surface area contributed by atoms with E-state index in [-0.39, 0.29) is 5.41 Å². The Morgan fingerprint density at radius 3 is 2.44 bits per heavy atom. The quantitative estimate of drug-likeness (QED) is 0.896. The van der Waals surface area contributed by atoms with Crippen molar-refractivity contribution in [2.75, 3.05) is 7.11 Å². The van der Waals surface area contributed by atoms with Crippen molar-refractivity contribution in [2.45, 2.75) is 45.1 Å². The lowest BCUT2D eigenvalue weighted by Crippen LogP contribution is -2.46. The molecule has 18 heavy (non-hydrogen) atoms. The zero-order chi connectivity index (χ0) is 13.4. The average molecular weight is 252 g/mol. The van der Waals surface area contributed by atoms with Crippen LogP contribution in [0.3, 0.4) is 0 Å². The molecule has 1 aromatic rings. The molecule has 0 spiro atoms. The van der Waals surface area contributed by atoms with Crippen molar-refractivity contribution in [3.8, 4) is 5.75 Å². The Morgan fingerprint density at radius 2 is 2.00 bits per heavy atom. The van der Waals surface area contributed by atoms with Crippen LogP contribution in [0, 0.1) is 5.41 Å². The van der Waals surface area contributed by atoms with Gasteiger partial charge in [-0.3, -0.25) is 4.68 Å². The lowest BCUT2D eigenvalue weighted by Gasteiger charge is -2.40. The smallest absolute Gasteiger partial charge is 0.331 e. The first-order chi connectivity index (χ1) is 8.39. The highest BCUT2D eigenvalue weighted by atomic mass is 16.5. The number of carboxylic acids is 1. The van der Waals surface area contributed by atoms with E-state index < -0.39 is 11.5 Å². The van der Waals surface area contributed by atoms with Crippen LogP contribution in [0.4, 0.5) is 0 Å². The number of hydrogen-bond acceptors (Lipinski definition) is 3. The van der Waals surface area contributed by atoms with Crippen LogP contribution >= 0.6 is 0 Å². The summed E-state index contributed by atoms with van der Waals surface area (Å²) < 4.78 is 6.63. The minimum absolute atomic E-state index is 0.218. The van der Waals surface area contributed by atoms with Gasteiger partial charge in [-0.2, -0.15) is 5.10 Å². The van der Waals surface area contributed by atoms with Crippen molar-refractivity contribution < 1.29 is 14.6 Å². The number of hydrogen-bond donors (Lipinski definition) is 1. The van der Waals surface area contributed by atoms with Crippen LogP contribution in [0.2, 0.25) is 0 Å². The monoisotopic (exact) mass is 252 g/mol. The molecule has 0 aliphatic heterocycles. The molecule has 100 valence electrons. The van der Waals surface area contributed by atoms with Gasteiger partial charge in [0.15, 0.2) is 11.3 Å². The number of ether oxygens (including phenoxy) is 1. The molecule has 1 heterocycles. The summed E-state index contributed by atoms with van der Waals surface area (Å²) in [6.07, 6.45) is 6.24. The van der Waals surface area contributed by atoms with Crippen LogP contribution in [0.15, 0.2) is 12.4 Å². The number of methoxy groups -OCH3 is 1. The summed E-state index contributed by atoms with van der Waals surface area (Å²) in [7, 11) is 1.55. The normalized spacial score (nSPS) is 21.5. The fraction of sp³-hybridized carbons (Fsp3) is 0.692. The van der Waals surface area contributed by atoms with E-state index in [1.807, 2.05) is 0 Å². The van der Waals surface area contributed by atoms with E-state index in [0.29, 0.717) is 18.6 Å². The standard InChI is InChI=1S/C13H20N2O3/c1-12(2)4-6-13(7-5-12,11(16)17)15-9-10(18-3)8-14-15/h8-9H,4-7H2,1-3H3,(H,16,17). The van der Waals surface area contributed by atoms with Gasteiger partial charge in [-0.25, -0.2) is 4.79 Å². The summed E-state index contributed by atoms with van der Waals surface area (Å²) >= 11 is 0. The molecule has 0 amide bonds. The van der Waals surface area contributed by atoms with Crippen molar-refractivity contribution in [1.29, 1.82) is 0 Å². The molecule has 0 bridgehead atoms. The number of rotatable bonds is 3. The minimum atomic E-state index is -0.910. The molecule has 0 atom stereocenters. The van der Waals surface area contributed by atoms with E-state index in [1.54, 1.807) is 24.2 Å². The highest BCUT2D eigenvalue weighted by Gasteiger charge is 2.46. The van der Waals surface area contributed by atoms with Crippen LogP contribution < -0.4 is 4.74 Å². The van der Waals surface area contributed by atoms with Gasteiger partial charge in [0, 0.05) is 0 Å². The van der Waals surface area contributed by atoms with Gasteiger partial charge in [-0.05, 0) is 31.1 Å². The Labute approximate surface area is 107 Å². The van der Waals surface area contributed by atoms with Gasteiger partial charge in [0.2, 0.25) is 0 Å². The number of carboxylic acid groups (broad SMARTS) is 1. The Hall–Kier alpha value is -1.52. The van der Waals surface area contributed by atoms with Gasteiger partial charge >= 0.3 is 5.97 Å². The Kier molecular flexibility index (Phi) is 3.09. The third-order valence-corrected chi connectivity index (χ3v) is 4.06. The van der Waals surface area contributed by atoms with Crippen molar-refractivity contribution in [3.63, 3.8) is 0 Å². The third kappa shape index (κ3) is 2.09. The summed E-state index contributed by atoms with van der Waals surface area (Å²) in [6, 6.07) is 0. The van der Waals surface area contributed by atoms with Gasteiger partial charge in [0.1, 0.15) is 0 Å². The third-order valence-electron chi connectivity index (χ3n) is 4.06. The molecule has 1 aliphatic rings. The highest BCUT2D eigenvalue weighted by molar-refractivity contribution is 5.76. The van der Waals surface area contributed by atoms with Crippen LogP contribution in [0.1, 0.15) is 39.5 Å². The zero-order valence-corrected chi connectivity index (χ0v) is 11.1. The Morgan fingerprint density at radius 1 is 1.39 bits per heavy atom. The van der Waals surface area contributed by atoms with E-state index in [9.17, 15) is 9.90 Å². The van der Waals surface area contributed by atoms with Crippen molar-refractivity contribution >= 4 is 5.97 Å². The SMILES string of the molecule is COc1cnn(C2(C(=O)O)CCC(C)(C)CC2)c1. The minimum Gasteiger partial charge on any atom is -0.493 e. The summed E-state index contributed by atoms with van der Waals surface area (Å²) in [4.78, 5) is 11.7. The first-order valence-electron chi connectivity index (χ1n) is 6.22.